The van der Waals surface area contributed by atoms with Crippen molar-refractivity contribution in [2.75, 3.05) is 7.05 Å². The van der Waals surface area contributed by atoms with E-state index in [9.17, 15) is 4.79 Å². The average molecular weight is 369 g/mol. The summed E-state index contributed by atoms with van der Waals surface area (Å²) >= 11 is 5.93. The Hall–Kier alpha value is -2.66. The van der Waals surface area contributed by atoms with Crippen molar-refractivity contribution in [1.82, 2.24) is 19.7 Å². The lowest BCUT2D eigenvalue weighted by Crippen LogP contribution is -2.27. The van der Waals surface area contributed by atoms with Crippen LogP contribution in [0.5, 0.6) is 0 Å². The van der Waals surface area contributed by atoms with E-state index in [1.807, 2.05) is 56.3 Å². The maximum atomic E-state index is 13.0. The minimum Gasteiger partial charge on any atom is -0.337 e. The van der Waals surface area contributed by atoms with Crippen LogP contribution in [0, 0.1) is 0 Å². The van der Waals surface area contributed by atoms with Gasteiger partial charge >= 0.3 is 0 Å². The first kappa shape index (κ1) is 18.1. The fourth-order valence-corrected chi connectivity index (χ4v) is 3.01. The van der Waals surface area contributed by atoms with Crippen LogP contribution >= 0.6 is 11.6 Å². The first-order chi connectivity index (χ1) is 12.5. The van der Waals surface area contributed by atoms with Crippen molar-refractivity contribution < 1.29 is 4.79 Å². The quantitative estimate of drug-likeness (QED) is 0.674. The van der Waals surface area contributed by atoms with Crippen molar-refractivity contribution >= 4 is 17.5 Å². The maximum Gasteiger partial charge on any atom is 0.257 e. The summed E-state index contributed by atoms with van der Waals surface area (Å²) in [4.78, 5) is 19.0. The van der Waals surface area contributed by atoms with Crippen LogP contribution in [0.25, 0.3) is 5.82 Å². The van der Waals surface area contributed by atoms with Crippen LogP contribution in [0.2, 0.25) is 5.02 Å². The molecule has 0 aliphatic heterocycles. The normalized spacial score (nSPS) is 11.0. The maximum absolute atomic E-state index is 13.0. The second kappa shape index (κ2) is 7.70. The standard InChI is InChI=1S/C20H21ClN4O/c1-14(2)19-17(12-23-25(19)18-6-4-5-11-22-18)20(26)24(3)13-15-7-9-16(21)10-8-15/h4-12,14H,13H2,1-3H3. The number of hydrogen-bond acceptors (Lipinski definition) is 3. The van der Waals surface area contributed by atoms with Crippen LogP contribution in [0.1, 0.15) is 41.4 Å². The summed E-state index contributed by atoms with van der Waals surface area (Å²) in [7, 11) is 1.79. The van der Waals surface area contributed by atoms with E-state index in [4.69, 9.17) is 11.6 Å². The predicted molar refractivity (Wildman–Crippen MR) is 103 cm³/mol. The summed E-state index contributed by atoms with van der Waals surface area (Å²) in [5, 5.41) is 5.10. The van der Waals surface area contributed by atoms with Crippen LogP contribution in [-0.2, 0) is 6.54 Å². The average Bonchev–Trinajstić information content (AvgIpc) is 3.09. The summed E-state index contributed by atoms with van der Waals surface area (Å²) < 4.78 is 1.74. The van der Waals surface area contributed by atoms with Gasteiger partial charge in [0.25, 0.3) is 5.91 Å². The Morgan fingerprint density at radius 3 is 2.54 bits per heavy atom. The third-order valence-corrected chi connectivity index (χ3v) is 4.38. The highest BCUT2D eigenvalue weighted by atomic mass is 35.5. The number of carbonyl (C=O) groups is 1. The molecule has 0 N–H and O–H groups in total. The second-order valence-corrected chi connectivity index (χ2v) is 6.92. The van der Waals surface area contributed by atoms with Crippen LogP contribution < -0.4 is 0 Å². The van der Waals surface area contributed by atoms with E-state index < -0.39 is 0 Å². The van der Waals surface area contributed by atoms with Gasteiger partial charge in [-0.05, 0) is 35.7 Å². The van der Waals surface area contributed by atoms with E-state index in [2.05, 4.69) is 10.1 Å². The van der Waals surface area contributed by atoms with Gasteiger partial charge in [0, 0.05) is 24.8 Å². The Bertz CT molecular complexity index is 888. The molecule has 0 radical (unpaired) electrons. The van der Waals surface area contributed by atoms with Gasteiger partial charge in [-0.15, -0.1) is 0 Å². The molecule has 0 atom stereocenters. The summed E-state index contributed by atoms with van der Waals surface area (Å²) in [6.07, 6.45) is 3.35. The fourth-order valence-electron chi connectivity index (χ4n) is 2.88. The topological polar surface area (TPSA) is 51.0 Å². The SMILES string of the molecule is CC(C)c1c(C(=O)N(C)Cc2ccc(Cl)cc2)cnn1-c1ccccn1. The molecular weight excluding hydrogens is 348 g/mol. The molecule has 2 heterocycles. The number of aromatic nitrogens is 3. The molecule has 1 amide bonds. The van der Waals surface area contributed by atoms with Crippen molar-refractivity contribution in [2.24, 2.45) is 0 Å². The van der Waals surface area contributed by atoms with Gasteiger partial charge in [0.2, 0.25) is 0 Å². The molecule has 6 heteroatoms. The Balaban J connectivity index is 1.89. The number of benzene rings is 1. The molecule has 0 saturated carbocycles. The molecule has 0 aliphatic rings. The number of carbonyl (C=O) groups excluding carboxylic acids is 1. The van der Waals surface area contributed by atoms with E-state index in [0.29, 0.717) is 22.9 Å². The predicted octanol–water partition coefficient (Wildman–Crippen LogP) is 4.32. The van der Waals surface area contributed by atoms with Gasteiger partial charge in [-0.3, -0.25) is 4.79 Å². The van der Waals surface area contributed by atoms with E-state index in [0.717, 1.165) is 11.3 Å². The van der Waals surface area contributed by atoms with E-state index in [1.54, 1.807) is 29.0 Å². The zero-order valence-corrected chi connectivity index (χ0v) is 15.8. The molecule has 26 heavy (non-hydrogen) atoms. The molecule has 0 aliphatic carbocycles. The van der Waals surface area contributed by atoms with Crippen LogP contribution in [0.15, 0.2) is 54.9 Å². The second-order valence-electron chi connectivity index (χ2n) is 6.49. The lowest BCUT2D eigenvalue weighted by atomic mass is 10.0. The van der Waals surface area contributed by atoms with Crippen LogP contribution in [-0.4, -0.2) is 32.6 Å². The molecule has 0 fully saturated rings. The molecule has 0 saturated heterocycles. The first-order valence-electron chi connectivity index (χ1n) is 8.46. The minimum absolute atomic E-state index is 0.0640. The van der Waals surface area contributed by atoms with Crippen molar-refractivity contribution in [3.05, 3.63) is 76.7 Å². The lowest BCUT2D eigenvalue weighted by molar-refractivity contribution is 0.0783. The highest BCUT2D eigenvalue weighted by Crippen LogP contribution is 2.23. The molecule has 0 spiro atoms. The van der Waals surface area contributed by atoms with Gasteiger partial charge in [0.1, 0.15) is 0 Å². The monoisotopic (exact) mass is 368 g/mol. The van der Waals surface area contributed by atoms with Gasteiger partial charge < -0.3 is 4.90 Å². The van der Waals surface area contributed by atoms with E-state index in [-0.39, 0.29) is 11.8 Å². The minimum atomic E-state index is -0.0640. The Morgan fingerprint density at radius 1 is 1.19 bits per heavy atom. The molecule has 3 rings (SSSR count). The van der Waals surface area contributed by atoms with Crippen LogP contribution in [0.3, 0.4) is 0 Å². The third-order valence-electron chi connectivity index (χ3n) is 4.13. The lowest BCUT2D eigenvalue weighted by Gasteiger charge is -2.19. The van der Waals surface area contributed by atoms with Gasteiger partial charge in [0.15, 0.2) is 5.82 Å². The largest absolute Gasteiger partial charge is 0.337 e. The molecular formula is C20H21ClN4O. The molecule has 0 unspecified atom stereocenters. The molecule has 3 aromatic rings. The summed E-state index contributed by atoms with van der Waals surface area (Å²) in [6, 6.07) is 13.1. The molecule has 134 valence electrons. The summed E-state index contributed by atoms with van der Waals surface area (Å²) in [5.74, 6) is 0.767. The van der Waals surface area contributed by atoms with Crippen molar-refractivity contribution in [1.29, 1.82) is 0 Å². The smallest absolute Gasteiger partial charge is 0.257 e. The van der Waals surface area contributed by atoms with Crippen molar-refractivity contribution in [3.8, 4) is 5.82 Å². The highest BCUT2D eigenvalue weighted by Gasteiger charge is 2.23. The summed E-state index contributed by atoms with van der Waals surface area (Å²) in [6.45, 7) is 4.60. The number of amides is 1. The number of nitrogens with zero attached hydrogens (tertiary/aromatic N) is 4. The Morgan fingerprint density at radius 2 is 1.92 bits per heavy atom. The zero-order chi connectivity index (χ0) is 18.7. The van der Waals surface area contributed by atoms with Gasteiger partial charge in [-0.25, -0.2) is 9.67 Å². The number of rotatable bonds is 5. The fraction of sp³-hybridized carbons (Fsp3) is 0.250. The number of halogens is 1. The number of pyridine rings is 1. The van der Waals surface area contributed by atoms with Crippen molar-refractivity contribution in [3.63, 3.8) is 0 Å². The molecule has 5 nitrogen and oxygen atoms in total. The van der Waals surface area contributed by atoms with Gasteiger partial charge in [-0.1, -0.05) is 43.6 Å². The van der Waals surface area contributed by atoms with Crippen LogP contribution in [0.4, 0.5) is 0 Å². The van der Waals surface area contributed by atoms with E-state index >= 15 is 0 Å². The summed E-state index contributed by atoms with van der Waals surface area (Å²) in [5.41, 5.74) is 2.48. The van der Waals surface area contributed by atoms with Gasteiger partial charge in [-0.2, -0.15) is 5.10 Å². The number of hydrogen-bond donors (Lipinski definition) is 0. The third kappa shape index (κ3) is 3.78. The van der Waals surface area contributed by atoms with E-state index in [1.165, 1.54) is 0 Å². The Labute approximate surface area is 158 Å². The van der Waals surface area contributed by atoms with Gasteiger partial charge in [0.05, 0.1) is 17.5 Å². The van der Waals surface area contributed by atoms with Crippen molar-refractivity contribution in [2.45, 2.75) is 26.3 Å². The zero-order valence-electron chi connectivity index (χ0n) is 15.1. The highest BCUT2D eigenvalue weighted by molar-refractivity contribution is 6.30. The molecule has 0 bridgehead atoms. The molecule has 2 aromatic heterocycles. The molecule has 1 aromatic carbocycles. The Kier molecular flexibility index (Phi) is 5.38. The first-order valence-corrected chi connectivity index (χ1v) is 8.84.